The molecule has 0 aliphatic rings. The Hall–Kier alpha value is -0.590. The SMILES string of the molecule is CCCN(C(C)C)S(=O)(=O)c1n[nH]c(C)c1CCl. The monoisotopic (exact) mass is 293 g/mol. The summed E-state index contributed by atoms with van der Waals surface area (Å²) in [7, 11) is -3.58. The molecule has 18 heavy (non-hydrogen) atoms. The molecule has 1 heterocycles. The van der Waals surface area contributed by atoms with Crippen LogP contribution in [0.1, 0.15) is 38.4 Å². The van der Waals surface area contributed by atoms with E-state index in [4.69, 9.17) is 11.6 Å². The van der Waals surface area contributed by atoms with Crippen LogP contribution in [-0.2, 0) is 15.9 Å². The molecule has 0 saturated carbocycles. The maximum Gasteiger partial charge on any atom is 0.262 e. The Morgan fingerprint density at radius 3 is 2.50 bits per heavy atom. The average molecular weight is 294 g/mol. The number of nitrogens with one attached hydrogen (secondary N) is 1. The van der Waals surface area contributed by atoms with Gasteiger partial charge in [-0.2, -0.15) is 9.40 Å². The first kappa shape index (κ1) is 15.5. The molecule has 0 spiro atoms. The summed E-state index contributed by atoms with van der Waals surface area (Å²) in [6, 6.07) is -0.102. The molecule has 0 radical (unpaired) electrons. The molecule has 7 heteroatoms. The van der Waals surface area contributed by atoms with Crippen LogP contribution in [0, 0.1) is 6.92 Å². The summed E-state index contributed by atoms with van der Waals surface area (Å²) in [4.78, 5) is 0. The van der Waals surface area contributed by atoms with Crippen molar-refractivity contribution in [2.45, 2.75) is 51.1 Å². The Labute approximate surface area is 114 Å². The maximum absolute atomic E-state index is 12.5. The molecule has 1 rings (SSSR count). The van der Waals surface area contributed by atoms with Crippen LogP contribution in [0.4, 0.5) is 0 Å². The highest BCUT2D eigenvalue weighted by Crippen LogP contribution is 2.23. The van der Waals surface area contributed by atoms with Gasteiger partial charge in [0.05, 0.1) is 5.88 Å². The quantitative estimate of drug-likeness (QED) is 0.818. The van der Waals surface area contributed by atoms with Crippen molar-refractivity contribution in [2.75, 3.05) is 6.54 Å². The van der Waals surface area contributed by atoms with Gasteiger partial charge in [0.1, 0.15) is 0 Å². The number of hydrogen-bond acceptors (Lipinski definition) is 3. The molecule has 1 aromatic heterocycles. The zero-order chi connectivity index (χ0) is 13.9. The molecular formula is C11H20ClN3O2S. The van der Waals surface area contributed by atoms with E-state index in [0.717, 1.165) is 6.42 Å². The zero-order valence-corrected chi connectivity index (χ0v) is 12.8. The Morgan fingerprint density at radius 1 is 1.44 bits per heavy atom. The molecule has 0 fully saturated rings. The lowest BCUT2D eigenvalue weighted by Gasteiger charge is -2.24. The lowest BCUT2D eigenvalue weighted by Crippen LogP contribution is -2.38. The van der Waals surface area contributed by atoms with Crippen LogP contribution in [0.5, 0.6) is 0 Å². The summed E-state index contributed by atoms with van der Waals surface area (Å²) in [5, 5.41) is 6.65. The fraction of sp³-hybridized carbons (Fsp3) is 0.727. The Morgan fingerprint density at radius 2 is 2.06 bits per heavy atom. The number of halogens is 1. The lowest BCUT2D eigenvalue weighted by molar-refractivity contribution is 0.352. The van der Waals surface area contributed by atoms with Gasteiger partial charge in [0.15, 0.2) is 5.03 Å². The van der Waals surface area contributed by atoms with Crippen molar-refractivity contribution in [1.82, 2.24) is 14.5 Å². The van der Waals surface area contributed by atoms with Gasteiger partial charge in [0.2, 0.25) is 0 Å². The molecule has 104 valence electrons. The number of aromatic nitrogens is 2. The van der Waals surface area contributed by atoms with Crippen LogP contribution in [-0.4, -0.2) is 35.5 Å². The minimum atomic E-state index is -3.58. The van der Waals surface area contributed by atoms with E-state index in [1.165, 1.54) is 4.31 Å². The predicted molar refractivity (Wildman–Crippen MR) is 72.2 cm³/mol. The Balaban J connectivity index is 3.26. The predicted octanol–water partition coefficient (Wildman–Crippen LogP) is 2.27. The van der Waals surface area contributed by atoms with E-state index in [2.05, 4.69) is 10.2 Å². The van der Waals surface area contributed by atoms with Crippen LogP contribution in [0.25, 0.3) is 0 Å². The first-order valence-corrected chi connectivity index (χ1v) is 7.95. The van der Waals surface area contributed by atoms with Crippen LogP contribution < -0.4 is 0 Å². The van der Waals surface area contributed by atoms with Gasteiger partial charge in [0, 0.05) is 23.8 Å². The molecule has 0 unspecified atom stereocenters. The highest BCUT2D eigenvalue weighted by atomic mass is 35.5. The van der Waals surface area contributed by atoms with E-state index in [-0.39, 0.29) is 16.9 Å². The number of aromatic amines is 1. The van der Waals surface area contributed by atoms with E-state index >= 15 is 0 Å². The van der Waals surface area contributed by atoms with Gasteiger partial charge >= 0.3 is 0 Å². The molecule has 0 bridgehead atoms. The van der Waals surface area contributed by atoms with Crippen molar-refractivity contribution >= 4 is 21.6 Å². The molecule has 1 N–H and O–H groups in total. The topological polar surface area (TPSA) is 66.1 Å². The summed E-state index contributed by atoms with van der Waals surface area (Å²) in [6.07, 6.45) is 0.761. The van der Waals surface area contributed by atoms with Gasteiger partial charge in [0.25, 0.3) is 10.0 Å². The second kappa shape index (κ2) is 6.04. The second-order valence-corrected chi connectivity index (χ2v) is 6.55. The van der Waals surface area contributed by atoms with Gasteiger partial charge in [-0.15, -0.1) is 11.6 Å². The molecular weight excluding hydrogens is 274 g/mol. The van der Waals surface area contributed by atoms with Gasteiger partial charge in [-0.3, -0.25) is 5.10 Å². The smallest absolute Gasteiger partial charge is 0.262 e. The molecule has 0 aliphatic heterocycles. The molecule has 0 amide bonds. The summed E-state index contributed by atoms with van der Waals surface area (Å²) >= 11 is 5.80. The van der Waals surface area contributed by atoms with Crippen molar-refractivity contribution in [3.8, 4) is 0 Å². The number of alkyl halides is 1. The van der Waals surface area contributed by atoms with E-state index in [1.807, 2.05) is 20.8 Å². The summed E-state index contributed by atoms with van der Waals surface area (Å²) in [6.45, 7) is 7.90. The molecule has 1 aromatic rings. The number of H-pyrrole nitrogens is 1. The number of sulfonamides is 1. The van der Waals surface area contributed by atoms with Crippen LogP contribution in [0.15, 0.2) is 5.03 Å². The highest BCUT2D eigenvalue weighted by molar-refractivity contribution is 7.89. The van der Waals surface area contributed by atoms with Crippen molar-refractivity contribution in [2.24, 2.45) is 0 Å². The standard InChI is InChI=1S/C11H20ClN3O2S/c1-5-6-15(8(2)3)18(16,17)11-10(7-12)9(4)13-14-11/h8H,5-7H2,1-4H3,(H,13,14). The van der Waals surface area contributed by atoms with Crippen molar-refractivity contribution in [3.63, 3.8) is 0 Å². The third-order valence-electron chi connectivity index (χ3n) is 2.74. The first-order valence-electron chi connectivity index (χ1n) is 5.97. The fourth-order valence-electron chi connectivity index (χ4n) is 1.79. The van der Waals surface area contributed by atoms with Crippen LogP contribution in [0.3, 0.4) is 0 Å². The number of aryl methyl sites for hydroxylation is 1. The number of hydrogen-bond donors (Lipinski definition) is 1. The average Bonchev–Trinajstić information content (AvgIpc) is 2.67. The lowest BCUT2D eigenvalue weighted by atomic mass is 10.3. The van der Waals surface area contributed by atoms with Gasteiger partial charge in [-0.25, -0.2) is 8.42 Å². The summed E-state index contributed by atoms with van der Waals surface area (Å²) < 4.78 is 26.5. The molecule has 0 aromatic carbocycles. The number of rotatable bonds is 6. The van der Waals surface area contributed by atoms with E-state index in [1.54, 1.807) is 6.92 Å². The normalized spacial score (nSPS) is 12.6. The third-order valence-corrected chi connectivity index (χ3v) is 5.06. The summed E-state index contributed by atoms with van der Waals surface area (Å²) in [5.41, 5.74) is 1.25. The van der Waals surface area contributed by atoms with Gasteiger partial charge in [-0.1, -0.05) is 6.92 Å². The van der Waals surface area contributed by atoms with Crippen LogP contribution >= 0.6 is 11.6 Å². The first-order chi connectivity index (χ1) is 8.36. The number of nitrogens with zero attached hydrogens (tertiary/aromatic N) is 2. The highest BCUT2D eigenvalue weighted by Gasteiger charge is 2.31. The maximum atomic E-state index is 12.5. The van der Waals surface area contributed by atoms with Crippen molar-refractivity contribution in [1.29, 1.82) is 0 Å². The van der Waals surface area contributed by atoms with E-state index in [0.29, 0.717) is 17.8 Å². The molecule has 0 aliphatic carbocycles. The van der Waals surface area contributed by atoms with E-state index in [9.17, 15) is 8.42 Å². The Bertz CT molecular complexity index is 496. The third kappa shape index (κ3) is 2.87. The fourth-order valence-corrected chi connectivity index (χ4v) is 4.09. The molecule has 0 atom stereocenters. The van der Waals surface area contributed by atoms with Crippen LogP contribution in [0.2, 0.25) is 0 Å². The van der Waals surface area contributed by atoms with Crippen molar-refractivity contribution in [3.05, 3.63) is 11.3 Å². The van der Waals surface area contributed by atoms with E-state index < -0.39 is 10.0 Å². The largest absolute Gasteiger partial charge is 0.281 e. The van der Waals surface area contributed by atoms with Gasteiger partial charge < -0.3 is 0 Å². The zero-order valence-electron chi connectivity index (χ0n) is 11.2. The van der Waals surface area contributed by atoms with Gasteiger partial charge in [-0.05, 0) is 27.2 Å². The molecule has 5 nitrogen and oxygen atoms in total. The minimum Gasteiger partial charge on any atom is -0.281 e. The summed E-state index contributed by atoms with van der Waals surface area (Å²) in [5.74, 6) is 0.134. The Kier molecular flexibility index (Phi) is 5.19. The van der Waals surface area contributed by atoms with Crippen molar-refractivity contribution < 1.29 is 8.42 Å². The molecule has 0 saturated heterocycles. The minimum absolute atomic E-state index is 0.0529. The second-order valence-electron chi connectivity index (χ2n) is 4.48.